The number of hydrogen-bond acceptors (Lipinski definition) is 3. The van der Waals surface area contributed by atoms with Crippen molar-refractivity contribution in [3.63, 3.8) is 0 Å². The minimum Gasteiger partial charge on any atom is -0.542 e. The first kappa shape index (κ1) is 24.7. The maximum atomic E-state index is 13.5. The Morgan fingerprint density at radius 1 is 1.15 bits per heavy atom. The number of quaternary nitrogens is 1. The van der Waals surface area contributed by atoms with Crippen LogP contribution in [0.25, 0.3) is 0 Å². The van der Waals surface area contributed by atoms with Crippen LogP contribution >= 0.6 is 0 Å². The molecule has 0 saturated carbocycles. The predicted octanol–water partition coefficient (Wildman–Crippen LogP) is 2.69. The summed E-state index contributed by atoms with van der Waals surface area (Å²) < 4.78 is 51.4. The molecule has 4 nitrogen and oxygen atoms in total. The van der Waals surface area contributed by atoms with Crippen molar-refractivity contribution in [3.05, 3.63) is 29.6 Å². The highest BCUT2D eigenvalue weighted by Crippen LogP contribution is 2.17. The number of alkyl halides is 3. The molecule has 0 amide bonds. The third kappa shape index (κ3) is 9.29. The second-order valence-corrected chi connectivity index (χ2v) is 5.81. The zero-order valence-corrected chi connectivity index (χ0v) is 16.0. The molecule has 1 aromatic rings. The SMILES string of the molecule is CC[N+](CC)(CC)CC#CCOc1ccc(C)cc1F.O=C([O-])C(F)(F)F. The van der Waals surface area contributed by atoms with Gasteiger partial charge in [0.05, 0.1) is 19.6 Å². The molecule has 8 heteroatoms. The number of hydrogen-bond donors (Lipinski definition) is 0. The van der Waals surface area contributed by atoms with E-state index in [1.807, 2.05) is 13.0 Å². The van der Waals surface area contributed by atoms with Gasteiger partial charge in [0.25, 0.3) is 0 Å². The lowest BCUT2D eigenvalue weighted by Crippen LogP contribution is -2.47. The zero-order chi connectivity index (χ0) is 21.1. The van der Waals surface area contributed by atoms with Gasteiger partial charge in [-0.1, -0.05) is 12.0 Å². The Hall–Kier alpha value is -2.27. The van der Waals surface area contributed by atoms with Crippen LogP contribution in [-0.4, -0.2) is 49.4 Å². The van der Waals surface area contributed by atoms with E-state index in [0.29, 0.717) is 0 Å². The second-order valence-electron chi connectivity index (χ2n) is 5.81. The van der Waals surface area contributed by atoms with Gasteiger partial charge >= 0.3 is 6.18 Å². The van der Waals surface area contributed by atoms with E-state index in [1.165, 1.54) is 6.07 Å². The van der Waals surface area contributed by atoms with Crippen LogP contribution in [0.1, 0.15) is 26.3 Å². The van der Waals surface area contributed by atoms with Crippen LogP contribution in [0.3, 0.4) is 0 Å². The standard InChI is InChI=1S/C17H25FNO.C2HF3O2/c1-5-19(6-2,7-3)12-8-9-13-20-17-11-10-15(4)14-16(17)18;3-2(4,5)1(6)7/h10-11,14H,5-7,12-13H2,1-4H3;(H,6,7)/q+1;/p-1. The highest BCUT2D eigenvalue weighted by Gasteiger charge is 2.28. The quantitative estimate of drug-likeness (QED) is 0.426. The van der Waals surface area contributed by atoms with Crippen LogP contribution in [-0.2, 0) is 4.79 Å². The van der Waals surface area contributed by atoms with Crippen molar-refractivity contribution >= 4 is 5.97 Å². The van der Waals surface area contributed by atoms with Gasteiger partial charge in [0, 0.05) is 0 Å². The van der Waals surface area contributed by atoms with Crippen LogP contribution in [0, 0.1) is 24.6 Å². The number of carboxylic acid groups (broad SMARTS) is 1. The highest BCUT2D eigenvalue weighted by atomic mass is 19.4. The summed E-state index contributed by atoms with van der Waals surface area (Å²) in [6, 6.07) is 4.95. The molecule has 0 radical (unpaired) electrons. The van der Waals surface area contributed by atoms with E-state index >= 15 is 0 Å². The molecule has 1 aromatic carbocycles. The molecule has 0 heterocycles. The molecule has 0 unspecified atom stereocenters. The topological polar surface area (TPSA) is 49.4 Å². The van der Waals surface area contributed by atoms with Gasteiger partial charge in [-0.3, -0.25) is 0 Å². The Morgan fingerprint density at radius 2 is 1.67 bits per heavy atom. The summed E-state index contributed by atoms with van der Waals surface area (Å²) >= 11 is 0. The summed E-state index contributed by atoms with van der Waals surface area (Å²) in [6.07, 6.45) is -5.19. The Kier molecular flexibility index (Phi) is 10.5. The first-order valence-corrected chi connectivity index (χ1v) is 8.49. The van der Waals surface area contributed by atoms with Crippen molar-refractivity contribution in [1.29, 1.82) is 0 Å². The lowest BCUT2D eigenvalue weighted by atomic mass is 10.2. The molecule has 0 spiro atoms. The number of ether oxygens (including phenoxy) is 1. The van der Waals surface area contributed by atoms with E-state index < -0.39 is 12.1 Å². The summed E-state index contributed by atoms with van der Waals surface area (Å²) in [5, 5.41) is 8.78. The summed E-state index contributed by atoms with van der Waals surface area (Å²) in [5.41, 5.74) is 0.886. The van der Waals surface area contributed by atoms with Crippen LogP contribution in [0.4, 0.5) is 17.6 Å². The minimum absolute atomic E-state index is 0.233. The van der Waals surface area contributed by atoms with Gasteiger partial charge in [-0.25, -0.2) is 4.39 Å². The molecule has 0 aliphatic rings. The molecule has 27 heavy (non-hydrogen) atoms. The molecule has 0 atom stereocenters. The zero-order valence-electron chi connectivity index (χ0n) is 16.0. The number of aliphatic carboxylic acids is 1. The van der Waals surface area contributed by atoms with Crippen LogP contribution in [0.5, 0.6) is 5.75 Å². The Balaban J connectivity index is 0.000000821. The summed E-state index contributed by atoms with van der Waals surface area (Å²) in [5.74, 6) is 3.07. The fourth-order valence-corrected chi connectivity index (χ4v) is 2.12. The summed E-state index contributed by atoms with van der Waals surface area (Å²) in [6.45, 7) is 12.7. The fraction of sp³-hybridized carbons (Fsp3) is 0.526. The third-order valence-electron chi connectivity index (χ3n) is 4.17. The smallest absolute Gasteiger partial charge is 0.430 e. The summed E-state index contributed by atoms with van der Waals surface area (Å²) in [7, 11) is 0. The summed E-state index contributed by atoms with van der Waals surface area (Å²) in [4.78, 5) is 8.78. The maximum Gasteiger partial charge on any atom is 0.430 e. The average molecular weight is 391 g/mol. The van der Waals surface area contributed by atoms with Crippen LogP contribution in [0.15, 0.2) is 18.2 Å². The highest BCUT2D eigenvalue weighted by molar-refractivity contribution is 5.70. The Labute approximate surface area is 157 Å². The molecular weight excluding hydrogens is 366 g/mol. The van der Waals surface area contributed by atoms with Crippen molar-refractivity contribution in [2.45, 2.75) is 33.9 Å². The number of halogens is 4. The molecule has 0 aliphatic heterocycles. The number of nitrogens with zero attached hydrogens (tertiary/aromatic N) is 1. The molecule has 0 bridgehead atoms. The maximum absolute atomic E-state index is 13.5. The van der Waals surface area contributed by atoms with Crippen molar-refractivity contribution in [2.24, 2.45) is 0 Å². The molecular formula is C19H25F4NO3. The van der Waals surface area contributed by atoms with Crippen LogP contribution in [0.2, 0.25) is 0 Å². The lowest BCUT2D eigenvalue weighted by Gasteiger charge is -2.33. The number of carbonyl (C=O) groups is 1. The van der Waals surface area contributed by atoms with E-state index in [4.69, 9.17) is 14.6 Å². The van der Waals surface area contributed by atoms with Gasteiger partial charge in [0.1, 0.15) is 19.1 Å². The van der Waals surface area contributed by atoms with Gasteiger partial charge < -0.3 is 19.1 Å². The van der Waals surface area contributed by atoms with Gasteiger partial charge in [0.2, 0.25) is 0 Å². The molecule has 1 rings (SSSR count). The van der Waals surface area contributed by atoms with E-state index in [1.54, 1.807) is 6.07 Å². The Bertz CT molecular complexity index is 651. The largest absolute Gasteiger partial charge is 0.542 e. The molecule has 152 valence electrons. The first-order valence-electron chi connectivity index (χ1n) is 8.49. The first-order chi connectivity index (χ1) is 12.5. The fourth-order valence-electron chi connectivity index (χ4n) is 2.12. The van der Waals surface area contributed by atoms with E-state index in [-0.39, 0.29) is 18.2 Å². The van der Waals surface area contributed by atoms with E-state index in [0.717, 1.165) is 36.2 Å². The molecule has 0 N–H and O–H groups in total. The molecule has 0 aromatic heterocycles. The normalized spacial score (nSPS) is 11.0. The second kappa shape index (κ2) is 11.4. The lowest BCUT2D eigenvalue weighted by molar-refractivity contribution is -0.916. The predicted molar refractivity (Wildman–Crippen MR) is 92.2 cm³/mol. The van der Waals surface area contributed by atoms with E-state index in [2.05, 4.69) is 32.6 Å². The molecule has 0 saturated heterocycles. The number of rotatable bonds is 6. The number of benzene rings is 1. The Morgan fingerprint density at radius 3 is 2.07 bits per heavy atom. The van der Waals surface area contributed by atoms with Gasteiger partial charge in [-0.05, 0) is 51.3 Å². The van der Waals surface area contributed by atoms with Crippen molar-refractivity contribution < 1.29 is 36.7 Å². The minimum atomic E-state index is -5.19. The van der Waals surface area contributed by atoms with Crippen molar-refractivity contribution in [1.82, 2.24) is 0 Å². The van der Waals surface area contributed by atoms with Gasteiger partial charge in [-0.2, -0.15) is 13.2 Å². The van der Waals surface area contributed by atoms with Crippen molar-refractivity contribution in [3.8, 4) is 17.6 Å². The van der Waals surface area contributed by atoms with Crippen molar-refractivity contribution in [2.75, 3.05) is 32.8 Å². The monoisotopic (exact) mass is 391 g/mol. The average Bonchev–Trinajstić information content (AvgIpc) is 2.60. The van der Waals surface area contributed by atoms with Gasteiger partial charge in [0.15, 0.2) is 11.6 Å². The van der Waals surface area contributed by atoms with E-state index in [9.17, 15) is 17.6 Å². The van der Waals surface area contributed by atoms with Crippen LogP contribution < -0.4 is 9.84 Å². The number of aryl methyl sites for hydroxylation is 1. The molecule has 0 aliphatic carbocycles. The molecule has 0 fully saturated rings. The third-order valence-corrected chi connectivity index (χ3v) is 4.17. The van der Waals surface area contributed by atoms with Gasteiger partial charge in [-0.15, -0.1) is 0 Å². The number of carbonyl (C=O) groups excluding carboxylic acids is 1. The number of carboxylic acids is 1.